The molecule has 0 aliphatic heterocycles. The fourth-order valence-corrected chi connectivity index (χ4v) is 8.86. The molecule has 4 aromatic carbocycles. The first kappa shape index (κ1) is 27.2. The maximum Gasteiger partial charge on any atom is 0.130 e. The molecular formula is C38H42O4. The molecule has 0 radical (unpaired) electrons. The molecule has 42 heavy (non-hydrogen) atoms. The molecule has 4 aromatic rings. The molecule has 3 aliphatic carbocycles. The Bertz CT molecular complexity index is 1690. The Balaban J connectivity index is 1.52. The Morgan fingerprint density at radius 2 is 1.43 bits per heavy atom. The molecule has 0 bridgehead atoms. The maximum atomic E-state index is 11.8. The fourth-order valence-electron chi connectivity index (χ4n) is 8.86. The molecule has 0 saturated heterocycles. The van der Waals surface area contributed by atoms with Gasteiger partial charge in [0.1, 0.15) is 23.0 Å². The molecule has 1 spiro atoms. The second-order valence-electron chi connectivity index (χ2n) is 14.4. The van der Waals surface area contributed by atoms with Crippen LogP contribution in [0.1, 0.15) is 77.3 Å². The molecule has 0 heterocycles. The number of hydrogen-bond acceptors (Lipinski definition) is 4. The minimum Gasteiger partial charge on any atom is -0.507 e. The SMILES string of the molecule is COc1ccc(-c2cc3c(O)cc4c(c3cc2OC2CCC2)-c2ccccc2C42CC(C)(C)CC(C)(C)C2)c(OC)c1. The average molecular weight is 563 g/mol. The monoisotopic (exact) mass is 562 g/mol. The van der Waals surface area contributed by atoms with E-state index in [4.69, 9.17) is 14.2 Å². The lowest BCUT2D eigenvalue weighted by Gasteiger charge is -2.51. The number of methoxy groups -OCH3 is 2. The van der Waals surface area contributed by atoms with Crippen molar-refractivity contribution in [1.29, 1.82) is 0 Å². The molecule has 218 valence electrons. The van der Waals surface area contributed by atoms with Crippen molar-refractivity contribution in [2.45, 2.75) is 77.7 Å². The number of fused-ring (bicyclic) bond motifs is 7. The zero-order chi connectivity index (χ0) is 29.4. The van der Waals surface area contributed by atoms with Gasteiger partial charge in [0, 0.05) is 28.0 Å². The molecule has 7 rings (SSSR count). The van der Waals surface area contributed by atoms with E-state index < -0.39 is 0 Å². The van der Waals surface area contributed by atoms with Crippen LogP contribution in [-0.4, -0.2) is 25.4 Å². The molecule has 0 unspecified atom stereocenters. The number of ether oxygens (including phenoxy) is 3. The summed E-state index contributed by atoms with van der Waals surface area (Å²) in [5.41, 5.74) is 7.24. The number of rotatable bonds is 5. The largest absolute Gasteiger partial charge is 0.507 e. The van der Waals surface area contributed by atoms with Crippen molar-refractivity contribution in [3.8, 4) is 45.3 Å². The second-order valence-corrected chi connectivity index (χ2v) is 14.4. The molecule has 4 nitrogen and oxygen atoms in total. The van der Waals surface area contributed by atoms with Crippen LogP contribution in [0.5, 0.6) is 23.0 Å². The summed E-state index contributed by atoms with van der Waals surface area (Å²) in [4.78, 5) is 0. The van der Waals surface area contributed by atoms with E-state index >= 15 is 0 Å². The van der Waals surface area contributed by atoms with E-state index in [0.717, 1.165) is 59.1 Å². The van der Waals surface area contributed by atoms with Gasteiger partial charge in [0.25, 0.3) is 0 Å². The predicted molar refractivity (Wildman–Crippen MR) is 170 cm³/mol. The van der Waals surface area contributed by atoms with Crippen molar-refractivity contribution in [2.24, 2.45) is 10.8 Å². The van der Waals surface area contributed by atoms with E-state index in [1.807, 2.05) is 18.2 Å². The van der Waals surface area contributed by atoms with Crippen molar-refractivity contribution in [1.82, 2.24) is 0 Å². The van der Waals surface area contributed by atoms with Crippen LogP contribution < -0.4 is 14.2 Å². The number of phenolic OH excluding ortho intramolecular Hbond substituents is 1. The number of aromatic hydroxyl groups is 1. The van der Waals surface area contributed by atoms with Gasteiger partial charge in [-0.1, -0.05) is 52.0 Å². The zero-order valence-corrected chi connectivity index (χ0v) is 25.8. The summed E-state index contributed by atoms with van der Waals surface area (Å²) in [6, 6.07) is 21.2. The Morgan fingerprint density at radius 1 is 0.690 bits per heavy atom. The van der Waals surface area contributed by atoms with E-state index in [1.165, 1.54) is 35.1 Å². The van der Waals surface area contributed by atoms with Gasteiger partial charge in [-0.2, -0.15) is 0 Å². The normalized spacial score (nSPS) is 19.7. The van der Waals surface area contributed by atoms with Crippen LogP contribution in [0.2, 0.25) is 0 Å². The summed E-state index contributed by atoms with van der Waals surface area (Å²) in [5.74, 6) is 2.61. The Kier molecular flexibility index (Phi) is 6.10. The summed E-state index contributed by atoms with van der Waals surface area (Å²) >= 11 is 0. The van der Waals surface area contributed by atoms with Crippen LogP contribution in [0.4, 0.5) is 0 Å². The summed E-state index contributed by atoms with van der Waals surface area (Å²) in [6.07, 6.45) is 6.82. The quantitative estimate of drug-likeness (QED) is 0.263. The summed E-state index contributed by atoms with van der Waals surface area (Å²) in [5, 5.41) is 13.7. The first-order valence-corrected chi connectivity index (χ1v) is 15.4. The third kappa shape index (κ3) is 4.17. The van der Waals surface area contributed by atoms with Crippen molar-refractivity contribution < 1.29 is 19.3 Å². The van der Waals surface area contributed by atoms with E-state index in [0.29, 0.717) is 11.5 Å². The number of hydrogen-bond donors (Lipinski definition) is 1. The van der Waals surface area contributed by atoms with Gasteiger partial charge in [0.15, 0.2) is 0 Å². The number of benzene rings is 4. The molecule has 3 aliphatic rings. The summed E-state index contributed by atoms with van der Waals surface area (Å²) in [7, 11) is 3.34. The second kappa shape index (κ2) is 9.42. The van der Waals surface area contributed by atoms with Crippen LogP contribution in [0, 0.1) is 10.8 Å². The molecule has 0 aromatic heterocycles. The molecule has 0 atom stereocenters. The Morgan fingerprint density at radius 3 is 2.10 bits per heavy atom. The minimum absolute atomic E-state index is 0.143. The van der Waals surface area contributed by atoms with Gasteiger partial charge >= 0.3 is 0 Å². The third-order valence-electron chi connectivity index (χ3n) is 10.0. The average Bonchev–Trinajstić information content (AvgIpc) is 3.16. The van der Waals surface area contributed by atoms with Crippen molar-refractivity contribution in [2.75, 3.05) is 14.2 Å². The minimum atomic E-state index is -0.143. The van der Waals surface area contributed by atoms with E-state index in [1.54, 1.807) is 14.2 Å². The smallest absolute Gasteiger partial charge is 0.130 e. The van der Waals surface area contributed by atoms with Crippen LogP contribution in [0.15, 0.2) is 60.7 Å². The topological polar surface area (TPSA) is 47.9 Å². The lowest BCUT2D eigenvalue weighted by atomic mass is 9.52. The van der Waals surface area contributed by atoms with Crippen molar-refractivity contribution in [3.63, 3.8) is 0 Å². The highest BCUT2D eigenvalue weighted by atomic mass is 16.5. The van der Waals surface area contributed by atoms with Crippen LogP contribution in [-0.2, 0) is 5.41 Å². The van der Waals surface area contributed by atoms with Gasteiger partial charge in [-0.05, 0) is 107 Å². The van der Waals surface area contributed by atoms with Gasteiger partial charge in [-0.15, -0.1) is 0 Å². The molecule has 1 N–H and O–H groups in total. The van der Waals surface area contributed by atoms with E-state index in [-0.39, 0.29) is 22.3 Å². The standard InChI is InChI=1S/C38H42O4/c1-36(2)20-37(3,4)22-38(21-36)30-13-8-7-12-26(30)35-29-18-34(42-23-10-9-11-23)28(17-27(29)32(39)19-31(35)38)25-15-14-24(40-5)16-33(25)41-6/h7-8,12-19,23,39H,9-11,20-22H2,1-6H3. The van der Waals surface area contributed by atoms with Gasteiger partial charge in [0.05, 0.1) is 20.3 Å². The van der Waals surface area contributed by atoms with Crippen LogP contribution in [0.25, 0.3) is 33.0 Å². The van der Waals surface area contributed by atoms with E-state index in [9.17, 15) is 5.11 Å². The van der Waals surface area contributed by atoms with Crippen molar-refractivity contribution >= 4 is 10.8 Å². The Labute approximate surface area is 249 Å². The molecule has 4 heteroatoms. The molecular weight excluding hydrogens is 520 g/mol. The molecule has 2 fully saturated rings. The summed E-state index contributed by atoms with van der Waals surface area (Å²) < 4.78 is 18.0. The highest BCUT2D eigenvalue weighted by Gasteiger charge is 2.53. The highest BCUT2D eigenvalue weighted by molar-refractivity contribution is 6.08. The fraction of sp³-hybridized carbons (Fsp3) is 0.421. The molecule has 0 amide bonds. The summed E-state index contributed by atoms with van der Waals surface area (Å²) in [6.45, 7) is 9.65. The van der Waals surface area contributed by atoms with Crippen LogP contribution in [0.3, 0.4) is 0 Å². The lowest BCUT2D eigenvalue weighted by molar-refractivity contribution is 0.0645. The third-order valence-corrected chi connectivity index (χ3v) is 10.0. The highest BCUT2D eigenvalue weighted by Crippen LogP contribution is 2.65. The molecule has 2 saturated carbocycles. The predicted octanol–water partition coefficient (Wildman–Crippen LogP) is 9.66. The Hall–Kier alpha value is -3.66. The van der Waals surface area contributed by atoms with Crippen molar-refractivity contribution in [3.05, 3.63) is 71.8 Å². The van der Waals surface area contributed by atoms with Crippen LogP contribution >= 0.6 is 0 Å². The van der Waals surface area contributed by atoms with Gasteiger partial charge in [-0.3, -0.25) is 0 Å². The maximum absolute atomic E-state index is 11.8. The zero-order valence-electron chi connectivity index (χ0n) is 25.8. The lowest BCUT2D eigenvalue weighted by Crippen LogP contribution is -2.43. The van der Waals surface area contributed by atoms with E-state index in [2.05, 4.69) is 70.2 Å². The first-order chi connectivity index (χ1) is 20.0. The van der Waals surface area contributed by atoms with Gasteiger partial charge < -0.3 is 19.3 Å². The van der Waals surface area contributed by atoms with Gasteiger partial charge in [-0.25, -0.2) is 0 Å². The first-order valence-electron chi connectivity index (χ1n) is 15.4. The number of phenols is 1. The van der Waals surface area contributed by atoms with Gasteiger partial charge in [0.2, 0.25) is 0 Å².